The summed E-state index contributed by atoms with van der Waals surface area (Å²) in [7, 11) is -3.47. The number of carbonyl (C=O) groups is 1. The number of hydrogen-bond acceptors (Lipinski definition) is 5. The number of phenols is 1. The van der Waals surface area contributed by atoms with Crippen LogP contribution in [0.15, 0.2) is 70.7 Å². The number of rotatable bonds is 5. The summed E-state index contributed by atoms with van der Waals surface area (Å²) in [5.74, 6) is -0.656. The van der Waals surface area contributed by atoms with E-state index in [2.05, 4.69) is 10.5 Å². The van der Waals surface area contributed by atoms with Crippen LogP contribution in [-0.2, 0) is 10.0 Å². The third-order valence-corrected chi connectivity index (χ3v) is 7.32. The second-order valence-corrected chi connectivity index (χ2v) is 9.43. The Morgan fingerprint density at radius 1 is 1.00 bits per heavy atom. The molecule has 3 aromatic rings. The van der Waals surface area contributed by atoms with Gasteiger partial charge < -0.3 is 5.11 Å². The topological polar surface area (TPSA) is 99.1 Å². The number of hydrazone groups is 1. The highest BCUT2D eigenvalue weighted by Gasteiger charge is 2.26. The smallest absolute Gasteiger partial charge is 0.275 e. The van der Waals surface area contributed by atoms with Crippen molar-refractivity contribution in [2.75, 3.05) is 13.1 Å². The molecule has 8 heteroatoms. The number of aromatic hydroxyl groups is 1. The zero-order valence-electron chi connectivity index (χ0n) is 17.1. The van der Waals surface area contributed by atoms with Gasteiger partial charge >= 0.3 is 0 Å². The fourth-order valence-electron chi connectivity index (χ4n) is 3.62. The maximum absolute atomic E-state index is 12.6. The molecule has 2 N–H and O–H groups in total. The van der Waals surface area contributed by atoms with Gasteiger partial charge in [0.2, 0.25) is 10.0 Å². The minimum Gasteiger partial charge on any atom is -0.507 e. The summed E-state index contributed by atoms with van der Waals surface area (Å²) in [6, 6.07) is 17.0. The summed E-state index contributed by atoms with van der Waals surface area (Å²) in [5, 5.41) is 16.0. The molecule has 160 valence electrons. The van der Waals surface area contributed by atoms with Crippen molar-refractivity contribution in [2.24, 2.45) is 5.10 Å². The molecule has 1 fully saturated rings. The first-order valence-corrected chi connectivity index (χ1v) is 11.5. The predicted molar refractivity (Wildman–Crippen MR) is 120 cm³/mol. The highest BCUT2D eigenvalue weighted by atomic mass is 32.2. The maximum atomic E-state index is 12.6. The Bertz CT molecular complexity index is 1260. The van der Waals surface area contributed by atoms with Crippen molar-refractivity contribution in [2.45, 2.75) is 24.7 Å². The molecule has 0 saturated carbocycles. The Labute approximate surface area is 181 Å². The van der Waals surface area contributed by atoms with Crippen molar-refractivity contribution in [1.82, 2.24) is 9.73 Å². The zero-order valence-corrected chi connectivity index (χ0v) is 17.9. The molecule has 0 aliphatic carbocycles. The summed E-state index contributed by atoms with van der Waals surface area (Å²) < 4.78 is 26.8. The van der Waals surface area contributed by atoms with Crippen LogP contribution in [-0.4, -0.2) is 42.5 Å². The van der Waals surface area contributed by atoms with Crippen molar-refractivity contribution in [1.29, 1.82) is 0 Å². The first kappa shape index (κ1) is 21.0. The minimum absolute atomic E-state index is 0.125. The van der Waals surface area contributed by atoms with Crippen molar-refractivity contribution in [3.8, 4) is 5.75 Å². The molecule has 1 saturated heterocycles. The molecule has 31 heavy (non-hydrogen) atoms. The fourth-order valence-corrected chi connectivity index (χ4v) is 5.13. The van der Waals surface area contributed by atoms with Gasteiger partial charge in [-0.2, -0.15) is 9.41 Å². The van der Waals surface area contributed by atoms with Crippen molar-refractivity contribution >= 4 is 32.4 Å². The molecular formula is C23H23N3O4S. The Morgan fingerprint density at radius 3 is 2.26 bits per heavy atom. The third kappa shape index (κ3) is 4.30. The van der Waals surface area contributed by atoms with Gasteiger partial charge in [-0.1, -0.05) is 36.4 Å². The minimum atomic E-state index is -3.47. The van der Waals surface area contributed by atoms with Gasteiger partial charge in [-0.15, -0.1) is 0 Å². The Hall–Kier alpha value is -3.23. The van der Waals surface area contributed by atoms with E-state index in [1.807, 2.05) is 24.3 Å². The number of amides is 1. The van der Waals surface area contributed by atoms with Gasteiger partial charge in [-0.05, 0) is 60.4 Å². The van der Waals surface area contributed by atoms with Crippen molar-refractivity contribution in [3.05, 3.63) is 71.8 Å². The number of nitrogens with one attached hydrogen (secondary N) is 1. The number of nitrogens with zero attached hydrogens (tertiary/aromatic N) is 2. The number of fused-ring (bicyclic) bond motifs is 1. The van der Waals surface area contributed by atoms with Crippen LogP contribution in [0.25, 0.3) is 10.8 Å². The number of hydrogen-bond donors (Lipinski definition) is 2. The average Bonchev–Trinajstić information content (AvgIpc) is 3.33. The van der Waals surface area contributed by atoms with E-state index >= 15 is 0 Å². The van der Waals surface area contributed by atoms with E-state index in [-0.39, 0.29) is 16.2 Å². The van der Waals surface area contributed by atoms with E-state index in [1.165, 1.54) is 4.31 Å². The molecule has 3 aromatic carbocycles. The SMILES string of the molecule is C/C(=N\NC(=O)c1cc2ccccc2cc1O)c1ccc(S(=O)(=O)N2CCCC2)cc1. The highest BCUT2D eigenvalue weighted by Crippen LogP contribution is 2.25. The van der Waals surface area contributed by atoms with E-state index in [0.717, 1.165) is 23.6 Å². The van der Waals surface area contributed by atoms with Crippen LogP contribution in [0.2, 0.25) is 0 Å². The van der Waals surface area contributed by atoms with Gasteiger partial charge in [-0.3, -0.25) is 4.79 Å². The molecule has 0 unspecified atom stereocenters. The van der Waals surface area contributed by atoms with E-state index in [0.29, 0.717) is 24.4 Å². The third-order valence-electron chi connectivity index (χ3n) is 5.41. The summed E-state index contributed by atoms with van der Waals surface area (Å²) in [6.07, 6.45) is 1.77. The normalized spacial score (nSPS) is 15.3. The van der Waals surface area contributed by atoms with Crippen LogP contribution in [0.1, 0.15) is 35.7 Å². The number of sulfonamides is 1. The lowest BCUT2D eigenvalue weighted by Gasteiger charge is -2.15. The first-order chi connectivity index (χ1) is 14.9. The molecule has 7 nitrogen and oxygen atoms in total. The van der Waals surface area contributed by atoms with Gasteiger partial charge in [-0.25, -0.2) is 13.8 Å². The molecule has 4 rings (SSSR count). The monoisotopic (exact) mass is 437 g/mol. The summed E-state index contributed by atoms with van der Waals surface area (Å²) in [6.45, 7) is 2.82. The quantitative estimate of drug-likeness (QED) is 0.471. The lowest BCUT2D eigenvalue weighted by atomic mass is 10.1. The average molecular weight is 438 g/mol. The Balaban J connectivity index is 1.49. The van der Waals surface area contributed by atoms with Gasteiger partial charge in [0.25, 0.3) is 5.91 Å². The van der Waals surface area contributed by atoms with E-state index < -0.39 is 15.9 Å². The van der Waals surface area contributed by atoms with Crippen LogP contribution in [0.4, 0.5) is 0 Å². The molecule has 0 spiro atoms. The molecule has 1 heterocycles. The lowest BCUT2D eigenvalue weighted by Crippen LogP contribution is -2.27. The molecule has 1 amide bonds. The lowest BCUT2D eigenvalue weighted by molar-refractivity contribution is 0.0952. The van der Waals surface area contributed by atoms with Crippen LogP contribution in [0, 0.1) is 0 Å². The fraction of sp³-hybridized carbons (Fsp3) is 0.217. The number of phenolic OH excluding ortho intramolecular Hbond substituents is 1. The van der Waals surface area contributed by atoms with Gasteiger partial charge in [0.1, 0.15) is 5.75 Å². The largest absolute Gasteiger partial charge is 0.507 e. The second-order valence-electron chi connectivity index (χ2n) is 7.49. The van der Waals surface area contributed by atoms with Crippen LogP contribution in [0.3, 0.4) is 0 Å². The van der Waals surface area contributed by atoms with E-state index in [4.69, 9.17) is 0 Å². The first-order valence-electron chi connectivity index (χ1n) is 10.0. The maximum Gasteiger partial charge on any atom is 0.275 e. The van der Waals surface area contributed by atoms with Gasteiger partial charge in [0.15, 0.2) is 0 Å². The van der Waals surface area contributed by atoms with Gasteiger partial charge in [0.05, 0.1) is 16.2 Å². The number of carbonyl (C=O) groups excluding carboxylic acids is 1. The van der Waals surface area contributed by atoms with Gasteiger partial charge in [0, 0.05) is 13.1 Å². The second kappa shape index (κ2) is 8.49. The summed E-state index contributed by atoms with van der Waals surface area (Å²) >= 11 is 0. The summed E-state index contributed by atoms with van der Waals surface area (Å²) in [4.78, 5) is 12.8. The zero-order chi connectivity index (χ0) is 22.0. The van der Waals surface area contributed by atoms with Crippen LogP contribution >= 0.6 is 0 Å². The highest BCUT2D eigenvalue weighted by molar-refractivity contribution is 7.89. The Kier molecular flexibility index (Phi) is 5.75. The molecule has 0 atom stereocenters. The van der Waals surface area contributed by atoms with Crippen LogP contribution < -0.4 is 5.43 Å². The molecule has 0 bridgehead atoms. The predicted octanol–water partition coefficient (Wildman–Crippen LogP) is 3.48. The molecule has 0 aromatic heterocycles. The van der Waals surface area contributed by atoms with Crippen molar-refractivity contribution < 1.29 is 18.3 Å². The Morgan fingerprint density at radius 2 is 1.61 bits per heavy atom. The molecular weight excluding hydrogens is 414 g/mol. The van der Waals surface area contributed by atoms with E-state index in [9.17, 15) is 18.3 Å². The molecule has 0 radical (unpaired) electrons. The van der Waals surface area contributed by atoms with Crippen molar-refractivity contribution in [3.63, 3.8) is 0 Å². The molecule has 1 aliphatic rings. The summed E-state index contributed by atoms with van der Waals surface area (Å²) in [5.41, 5.74) is 3.78. The van der Waals surface area contributed by atoms with Crippen LogP contribution in [0.5, 0.6) is 5.75 Å². The molecule has 1 aliphatic heterocycles. The number of benzene rings is 3. The standard InChI is InChI=1S/C23H23N3O4S/c1-16(17-8-10-20(11-9-17)31(29,30)26-12-4-5-13-26)24-25-23(28)21-14-18-6-2-3-7-19(18)15-22(21)27/h2-3,6-11,14-15,27H,4-5,12-13H2,1H3,(H,25,28)/b24-16+. The van der Waals surface area contributed by atoms with E-state index in [1.54, 1.807) is 43.3 Å².